The molecule has 0 aliphatic rings. The Bertz CT molecular complexity index is 476. The van der Waals surface area contributed by atoms with Gasteiger partial charge in [0.25, 0.3) is 0 Å². The van der Waals surface area contributed by atoms with Gasteiger partial charge >= 0.3 is 0 Å². The fraction of sp³-hybridized carbons (Fsp3) is 0.0769. The van der Waals surface area contributed by atoms with E-state index in [2.05, 4.69) is 0 Å². The van der Waals surface area contributed by atoms with Crippen LogP contribution in [0.25, 0.3) is 0 Å². The van der Waals surface area contributed by atoms with Crippen molar-refractivity contribution < 1.29 is 9.13 Å². The molecule has 2 N–H and O–H groups in total. The number of hydrogen-bond acceptors (Lipinski definition) is 2. The summed E-state index contributed by atoms with van der Waals surface area (Å²) in [5, 5.41) is 0. The first kappa shape index (κ1) is 13.3. The number of nitrogens with two attached hydrogens (primary N) is 1. The second kappa shape index (κ2) is 6.11. The highest BCUT2D eigenvalue weighted by Gasteiger charge is 2.01. The topological polar surface area (TPSA) is 35.2 Å². The second-order valence-electron chi connectivity index (χ2n) is 3.46. The molecule has 0 fully saturated rings. The van der Waals surface area contributed by atoms with Crippen molar-refractivity contribution in [2.24, 2.45) is 0 Å². The summed E-state index contributed by atoms with van der Waals surface area (Å²) < 4.78 is 18.3. The van der Waals surface area contributed by atoms with Gasteiger partial charge in [0.15, 0.2) is 0 Å². The van der Waals surface area contributed by atoms with Crippen molar-refractivity contribution in [1.29, 1.82) is 0 Å². The molecule has 0 unspecified atom stereocenters. The van der Waals surface area contributed by atoms with Gasteiger partial charge in [-0.15, -0.1) is 12.4 Å². The molecule has 0 atom stereocenters. The summed E-state index contributed by atoms with van der Waals surface area (Å²) >= 11 is 0. The lowest BCUT2D eigenvalue weighted by molar-refractivity contribution is 0.307. The lowest BCUT2D eigenvalue weighted by Gasteiger charge is -2.08. The van der Waals surface area contributed by atoms with Crippen LogP contribution < -0.4 is 10.5 Å². The maximum absolute atomic E-state index is 12.8. The average Bonchev–Trinajstić information content (AvgIpc) is 2.29. The van der Waals surface area contributed by atoms with Crippen LogP contribution in [0, 0.1) is 5.82 Å². The largest absolute Gasteiger partial charge is 0.487 e. The van der Waals surface area contributed by atoms with Crippen LogP contribution in [0.4, 0.5) is 10.1 Å². The summed E-state index contributed by atoms with van der Waals surface area (Å²) in [5.41, 5.74) is 6.98. The van der Waals surface area contributed by atoms with Crippen LogP contribution in [0.2, 0.25) is 0 Å². The van der Waals surface area contributed by atoms with E-state index in [0.717, 1.165) is 5.56 Å². The third-order valence-electron chi connectivity index (χ3n) is 2.21. The molecular weight excluding hydrogens is 241 g/mol. The standard InChI is InChI=1S/C13H12FNO.ClH/c14-11-6-7-13(12(15)8-11)16-9-10-4-2-1-3-5-10;/h1-8H,9,15H2;1H. The smallest absolute Gasteiger partial charge is 0.142 e. The van der Waals surface area contributed by atoms with E-state index in [1.54, 1.807) is 0 Å². The molecule has 4 heteroatoms. The molecule has 0 aliphatic carbocycles. The number of ether oxygens (including phenoxy) is 1. The normalized spacial score (nSPS) is 9.47. The second-order valence-corrected chi connectivity index (χ2v) is 3.46. The molecule has 0 spiro atoms. The summed E-state index contributed by atoms with van der Waals surface area (Å²) in [4.78, 5) is 0. The van der Waals surface area contributed by atoms with Gasteiger partial charge in [0.1, 0.15) is 18.2 Å². The molecule has 0 saturated heterocycles. The Labute approximate surface area is 106 Å². The fourth-order valence-electron chi connectivity index (χ4n) is 1.39. The zero-order valence-electron chi connectivity index (χ0n) is 9.10. The molecule has 2 nitrogen and oxygen atoms in total. The summed E-state index contributed by atoms with van der Waals surface area (Å²) in [7, 11) is 0. The Balaban J connectivity index is 0.00000144. The van der Waals surface area contributed by atoms with Crippen LogP contribution in [-0.4, -0.2) is 0 Å². The minimum absolute atomic E-state index is 0. The monoisotopic (exact) mass is 253 g/mol. The Morgan fingerprint density at radius 2 is 1.76 bits per heavy atom. The van der Waals surface area contributed by atoms with Gasteiger partial charge in [-0.3, -0.25) is 0 Å². The van der Waals surface area contributed by atoms with E-state index >= 15 is 0 Å². The van der Waals surface area contributed by atoms with Crippen molar-refractivity contribution >= 4 is 18.1 Å². The summed E-state index contributed by atoms with van der Waals surface area (Å²) in [6, 6.07) is 13.8. The first-order chi connectivity index (χ1) is 7.75. The average molecular weight is 254 g/mol. The number of benzene rings is 2. The third kappa shape index (κ3) is 3.64. The van der Waals surface area contributed by atoms with Gasteiger partial charge in [-0.1, -0.05) is 30.3 Å². The molecule has 0 radical (unpaired) electrons. The molecule has 0 amide bonds. The van der Waals surface area contributed by atoms with E-state index < -0.39 is 0 Å². The predicted molar refractivity (Wildman–Crippen MR) is 68.8 cm³/mol. The van der Waals surface area contributed by atoms with Gasteiger partial charge in [0.05, 0.1) is 5.69 Å². The molecule has 2 aromatic rings. The number of halogens is 2. The van der Waals surface area contributed by atoms with Gasteiger partial charge in [0, 0.05) is 6.07 Å². The van der Waals surface area contributed by atoms with E-state index in [-0.39, 0.29) is 18.2 Å². The maximum atomic E-state index is 12.8. The molecule has 2 aromatic carbocycles. The van der Waals surface area contributed by atoms with Crippen molar-refractivity contribution in [2.75, 3.05) is 5.73 Å². The Kier molecular flexibility index (Phi) is 4.79. The SMILES string of the molecule is Cl.Nc1cc(F)ccc1OCc1ccccc1. The van der Waals surface area contributed by atoms with E-state index in [1.165, 1.54) is 18.2 Å². The molecule has 2 rings (SSSR count). The number of hydrogen-bond donors (Lipinski definition) is 1. The molecule has 0 aliphatic heterocycles. The summed E-state index contributed by atoms with van der Waals surface area (Å²) in [6.45, 7) is 0.427. The number of anilines is 1. The van der Waals surface area contributed by atoms with Gasteiger partial charge in [-0.05, 0) is 17.7 Å². The van der Waals surface area contributed by atoms with Gasteiger partial charge in [-0.25, -0.2) is 4.39 Å². The summed E-state index contributed by atoms with van der Waals surface area (Å²) in [6.07, 6.45) is 0. The molecule has 0 aromatic heterocycles. The van der Waals surface area contributed by atoms with E-state index in [1.807, 2.05) is 30.3 Å². The van der Waals surface area contributed by atoms with E-state index in [0.29, 0.717) is 18.0 Å². The number of rotatable bonds is 3. The van der Waals surface area contributed by atoms with E-state index in [9.17, 15) is 4.39 Å². The first-order valence-electron chi connectivity index (χ1n) is 4.97. The quantitative estimate of drug-likeness (QED) is 0.851. The van der Waals surface area contributed by atoms with Crippen LogP contribution >= 0.6 is 12.4 Å². The fourth-order valence-corrected chi connectivity index (χ4v) is 1.39. The third-order valence-corrected chi connectivity index (χ3v) is 2.21. The van der Waals surface area contributed by atoms with Crippen LogP contribution in [0.5, 0.6) is 5.75 Å². The van der Waals surface area contributed by atoms with Crippen LogP contribution in [0.15, 0.2) is 48.5 Å². The van der Waals surface area contributed by atoms with Gasteiger partial charge < -0.3 is 10.5 Å². The molecule has 0 bridgehead atoms. The van der Waals surface area contributed by atoms with Gasteiger partial charge in [0.2, 0.25) is 0 Å². The molecule has 0 saturated carbocycles. The first-order valence-corrected chi connectivity index (χ1v) is 4.97. The van der Waals surface area contributed by atoms with Crippen LogP contribution in [0.3, 0.4) is 0 Å². The Morgan fingerprint density at radius 1 is 1.06 bits per heavy atom. The van der Waals surface area contributed by atoms with Crippen molar-refractivity contribution in [2.45, 2.75) is 6.61 Å². The molecular formula is C13H13ClFNO. The van der Waals surface area contributed by atoms with Crippen molar-refractivity contribution in [1.82, 2.24) is 0 Å². The van der Waals surface area contributed by atoms with Crippen molar-refractivity contribution in [3.05, 3.63) is 59.9 Å². The Hall–Kier alpha value is -1.74. The van der Waals surface area contributed by atoms with E-state index in [4.69, 9.17) is 10.5 Å². The van der Waals surface area contributed by atoms with Crippen molar-refractivity contribution in [3.63, 3.8) is 0 Å². The minimum Gasteiger partial charge on any atom is -0.487 e. The highest BCUT2D eigenvalue weighted by molar-refractivity contribution is 5.85. The summed E-state index contributed by atoms with van der Waals surface area (Å²) in [5.74, 6) is 0.148. The lowest BCUT2D eigenvalue weighted by Crippen LogP contribution is -1.98. The maximum Gasteiger partial charge on any atom is 0.142 e. The number of nitrogen functional groups attached to an aromatic ring is 1. The van der Waals surface area contributed by atoms with Crippen LogP contribution in [0.1, 0.15) is 5.56 Å². The predicted octanol–water partition coefficient (Wildman–Crippen LogP) is 3.41. The Morgan fingerprint density at radius 3 is 2.41 bits per heavy atom. The van der Waals surface area contributed by atoms with Gasteiger partial charge in [-0.2, -0.15) is 0 Å². The van der Waals surface area contributed by atoms with Crippen molar-refractivity contribution in [3.8, 4) is 5.75 Å². The zero-order chi connectivity index (χ0) is 11.4. The molecule has 90 valence electrons. The molecule has 0 heterocycles. The lowest BCUT2D eigenvalue weighted by atomic mass is 10.2. The minimum atomic E-state index is -0.357. The zero-order valence-corrected chi connectivity index (χ0v) is 9.91. The highest BCUT2D eigenvalue weighted by Crippen LogP contribution is 2.22. The van der Waals surface area contributed by atoms with Crippen LogP contribution in [-0.2, 0) is 6.61 Å². The molecule has 17 heavy (non-hydrogen) atoms. The highest BCUT2D eigenvalue weighted by atomic mass is 35.5.